The normalized spacial score (nSPS) is 25.4. The number of thioether (sulfide) groups is 1. The lowest BCUT2D eigenvalue weighted by Gasteiger charge is -2.20. The van der Waals surface area contributed by atoms with E-state index in [-0.39, 0.29) is 0 Å². The Hall–Kier alpha value is -0.470. The molecule has 1 N–H and O–H groups in total. The van der Waals surface area contributed by atoms with Gasteiger partial charge in [0.1, 0.15) is 0 Å². The first kappa shape index (κ1) is 12.0. The van der Waals surface area contributed by atoms with Crippen LogP contribution in [0.2, 0.25) is 0 Å². The summed E-state index contributed by atoms with van der Waals surface area (Å²) in [6.45, 7) is 5.73. The van der Waals surface area contributed by atoms with Gasteiger partial charge in [-0.05, 0) is 29.7 Å². The van der Waals surface area contributed by atoms with Crippen molar-refractivity contribution in [3.63, 3.8) is 0 Å². The molecule has 1 aliphatic carbocycles. The highest BCUT2D eigenvalue weighted by Gasteiger charge is 2.28. The molecule has 3 atom stereocenters. The molecule has 1 aromatic rings. The molecule has 0 saturated heterocycles. The average Bonchev–Trinajstić information content (AvgIpc) is 2.62. The summed E-state index contributed by atoms with van der Waals surface area (Å²) < 4.78 is 0. The Kier molecular flexibility index (Phi) is 3.93. The summed E-state index contributed by atoms with van der Waals surface area (Å²) in [6.07, 6.45) is 3.40. The number of fused-ring (bicyclic) bond motifs is 1. The molecule has 0 bridgehead atoms. The summed E-state index contributed by atoms with van der Waals surface area (Å²) in [4.78, 5) is 0. The van der Waals surface area contributed by atoms with Gasteiger partial charge in [-0.2, -0.15) is 11.8 Å². The van der Waals surface area contributed by atoms with Gasteiger partial charge < -0.3 is 5.32 Å². The smallest absolute Gasteiger partial charge is 0.0352 e. The summed E-state index contributed by atoms with van der Waals surface area (Å²) in [5.74, 6) is 0.728. The molecule has 0 fully saturated rings. The minimum absolute atomic E-state index is 0.561. The number of hydrogen-bond acceptors (Lipinski definition) is 2. The van der Waals surface area contributed by atoms with Crippen molar-refractivity contribution in [3.8, 4) is 0 Å². The van der Waals surface area contributed by atoms with Crippen molar-refractivity contribution in [1.29, 1.82) is 0 Å². The van der Waals surface area contributed by atoms with Crippen LogP contribution >= 0.6 is 11.8 Å². The van der Waals surface area contributed by atoms with Gasteiger partial charge in [0.15, 0.2) is 0 Å². The van der Waals surface area contributed by atoms with Gasteiger partial charge in [0.05, 0.1) is 0 Å². The Morgan fingerprint density at radius 1 is 1.44 bits per heavy atom. The molecule has 2 heteroatoms. The van der Waals surface area contributed by atoms with Crippen molar-refractivity contribution >= 4 is 11.8 Å². The maximum Gasteiger partial charge on any atom is 0.0352 e. The summed E-state index contributed by atoms with van der Waals surface area (Å²) >= 11 is 1.93. The fourth-order valence-corrected chi connectivity index (χ4v) is 2.75. The van der Waals surface area contributed by atoms with Crippen molar-refractivity contribution < 1.29 is 0 Å². The van der Waals surface area contributed by atoms with Crippen LogP contribution in [0.5, 0.6) is 0 Å². The van der Waals surface area contributed by atoms with Crippen LogP contribution < -0.4 is 5.32 Å². The maximum absolute atomic E-state index is 3.72. The van der Waals surface area contributed by atoms with Gasteiger partial charge in [-0.25, -0.2) is 0 Å². The summed E-state index contributed by atoms with van der Waals surface area (Å²) in [5, 5.41) is 4.41. The lowest BCUT2D eigenvalue weighted by atomic mass is 10.0. The summed E-state index contributed by atoms with van der Waals surface area (Å²) in [7, 11) is 0. The van der Waals surface area contributed by atoms with Crippen LogP contribution in [-0.2, 0) is 6.42 Å². The molecule has 0 spiro atoms. The third-order valence-corrected chi connectivity index (χ3v) is 4.50. The molecule has 0 radical (unpaired) electrons. The Labute approximate surface area is 103 Å². The van der Waals surface area contributed by atoms with E-state index in [2.05, 4.69) is 49.7 Å². The standard InChI is InChI=1S/C14H21NS/c1-10-8-12-6-4-5-7-13(12)14(10)15-9-11(2)16-3/h4-7,10-11,14-15H,8-9H2,1-3H3. The zero-order chi connectivity index (χ0) is 11.5. The van der Waals surface area contributed by atoms with Crippen molar-refractivity contribution in [2.45, 2.75) is 31.6 Å². The fourth-order valence-electron chi connectivity index (χ4n) is 2.48. The van der Waals surface area contributed by atoms with E-state index in [0.29, 0.717) is 11.3 Å². The van der Waals surface area contributed by atoms with E-state index in [1.54, 1.807) is 0 Å². The average molecular weight is 235 g/mol. The van der Waals surface area contributed by atoms with Crippen LogP contribution in [0.1, 0.15) is 31.0 Å². The topological polar surface area (TPSA) is 12.0 Å². The Morgan fingerprint density at radius 3 is 2.94 bits per heavy atom. The molecular weight excluding hydrogens is 214 g/mol. The van der Waals surface area contributed by atoms with E-state index in [1.165, 1.54) is 17.5 Å². The summed E-state index contributed by atoms with van der Waals surface area (Å²) in [6, 6.07) is 9.42. The SMILES string of the molecule is CSC(C)CNC1c2ccccc2CC1C. The van der Waals surface area contributed by atoms with Crippen molar-refractivity contribution in [2.24, 2.45) is 5.92 Å². The first-order valence-corrected chi connectivity index (χ1v) is 7.35. The molecule has 0 amide bonds. The number of nitrogens with one attached hydrogen (secondary N) is 1. The third kappa shape index (κ3) is 2.44. The van der Waals surface area contributed by atoms with Gasteiger partial charge in [0.2, 0.25) is 0 Å². The third-order valence-electron chi connectivity index (χ3n) is 3.53. The Balaban J connectivity index is 2.04. The molecule has 0 aliphatic heterocycles. The predicted octanol–water partition coefficient (Wildman–Crippen LogP) is 3.26. The first-order chi connectivity index (χ1) is 7.72. The maximum atomic E-state index is 3.72. The van der Waals surface area contributed by atoms with Crippen LogP contribution in [0.4, 0.5) is 0 Å². The van der Waals surface area contributed by atoms with Crippen LogP contribution in [0, 0.1) is 5.92 Å². The summed E-state index contributed by atoms with van der Waals surface area (Å²) in [5.41, 5.74) is 3.05. The Morgan fingerprint density at radius 2 is 2.19 bits per heavy atom. The van der Waals surface area contributed by atoms with Crippen molar-refractivity contribution in [3.05, 3.63) is 35.4 Å². The first-order valence-electron chi connectivity index (χ1n) is 6.06. The van der Waals surface area contributed by atoms with E-state index in [1.807, 2.05) is 11.8 Å². The van der Waals surface area contributed by atoms with E-state index in [0.717, 1.165) is 12.5 Å². The molecule has 2 rings (SSSR count). The van der Waals surface area contributed by atoms with E-state index >= 15 is 0 Å². The van der Waals surface area contributed by atoms with Gasteiger partial charge in [-0.1, -0.05) is 38.1 Å². The highest BCUT2D eigenvalue weighted by molar-refractivity contribution is 7.99. The highest BCUT2D eigenvalue weighted by Crippen LogP contribution is 2.35. The molecule has 0 saturated carbocycles. The van der Waals surface area contributed by atoms with Crippen LogP contribution in [0.15, 0.2) is 24.3 Å². The Bertz CT molecular complexity index is 350. The molecule has 88 valence electrons. The number of benzene rings is 1. The lowest BCUT2D eigenvalue weighted by molar-refractivity contribution is 0.419. The zero-order valence-electron chi connectivity index (χ0n) is 10.4. The van der Waals surface area contributed by atoms with Gasteiger partial charge in [0.25, 0.3) is 0 Å². The minimum atomic E-state index is 0.561. The van der Waals surface area contributed by atoms with Crippen LogP contribution in [0.3, 0.4) is 0 Å². The fraction of sp³-hybridized carbons (Fsp3) is 0.571. The molecule has 16 heavy (non-hydrogen) atoms. The van der Waals surface area contributed by atoms with E-state index in [4.69, 9.17) is 0 Å². The van der Waals surface area contributed by atoms with E-state index in [9.17, 15) is 0 Å². The van der Waals surface area contributed by atoms with Gasteiger partial charge in [-0.3, -0.25) is 0 Å². The number of hydrogen-bond donors (Lipinski definition) is 1. The molecule has 1 nitrogen and oxygen atoms in total. The van der Waals surface area contributed by atoms with Gasteiger partial charge in [0, 0.05) is 17.8 Å². The quantitative estimate of drug-likeness (QED) is 0.859. The number of rotatable bonds is 4. The monoisotopic (exact) mass is 235 g/mol. The largest absolute Gasteiger partial charge is 0.309 e. The molecular formula is C14H21NS. The molecule has 0 aromatic heterocycles. The molecule has 1 aliphatic rings. The highest BCUT2D eigenvalue weighted by atomic mass is 32.2. The van der Waals surface area contributed by atoms with E-state index < -0.39 is 0 Å². The lowest BCUT2D eigenvalue weighted by Crippen LogP contribution is -2.29. The van der Waals surface area contributed by atoms with Gasteiger partial charge in [-0.15, -0.1) is 0 Å². The molecule has 3 unspecified atom stereocenters. The minimum Gasteiger partial charge on any atom is -0.309 e. The van der Waals surface area contributed by atoms with Crippen molar-refractivity contribution in [1.82, 2.24) is 5.32 Å². The predicted molar refractivity (Wildman–Crippen MR) is 73.0 cm³/mol. The second-order valence-electron chi connectivity index (χ2n) is 4.81. The zero-order valence-corrected chi connectivity index (χ0v) is 11.2. The molecule has 1 aromatic carbocycles. The second-order valence-corrected chi connectivity index (χ2v) is 6.09. The van der Waals surface area contributed by atoms with Crippen molar-refractivity contribution in [2.75, 3.05) is 12.8 Å². The van der Waals surface area contributed by atoms with Crippen LogP contribution in [-0.4, -0.2) is 18.1 Å². The van der Waals surface area contributed by atoms with Crippen LogP contribution in [0.25, 0.3) is 0 Å². The van der Waals surface area contributed by atoms with Gasteiger partial charge >= 0.3 is 0 Å². The second kappa shape index (κ2) is 5.24. The molecule has 0 heterocycles.